The van der Waals surface area contributed by atoms with Crippen molar-refractivity contribution in [2.45, 2.75) is 32.8 Å². The molecule has 2 nitrogen and oxygen atoms in total. The van der Waals surface area contributed by atoms with Gasteiger partial charge in [-0.2, -0.15) is 0 Å². The van der Waals surface area contributed by atoms with Crippen molar-refractivity contribution in [3.8, 4) is 5.75 Å². The van der Waals surface area contributed by atoms with Gasteiger partial charge in [0.25, 0.3) is 0 Å². The number of rotatable bonds is 4. The van der Waals surface area contributed by atoms with Crippen molar-refractivity contribution < 1.29 is 9.84 Å². The molecular formula is C18H22O2. The molecule has 106 valence electrons. The fourth-order valence-electron chi connectivity index (χ4n) is 2.66. The molecule has 0 fully saturated rings. The van der Waals surface area contributed by atoms with Crippen LogP contribution in [0.25, 0.3) is 0 Å². The van der Waals surface area contributed by atoms with E-state index in [0.29, 0.717) is 6.42 Å². The predicted molar refractivity (Wildman–Crippen MR) is 82.2 cm³/mol. The molecule has 2 rings (SSSR count). The predicted octanol–water partition coefficient (Wildman–Crippen LogP) is 3.76. The van der Waals surface area contributed by atoms with Crippen molar-refractivity contribution in [2.75, 3.05) is 7.11 Å². The summed E-state index contributed by atoms with van der Waals surface area (Å²) in [6, 6.07) is 13.9. The van der Waals surface area contributed by atoms with Crippen LogP contribution in [-0.4, -0.2) is 12.2 Å². The van der Waals surface area contributed by atoms with E-state index in [0.717, 1.165) is 11.3 Å². The Hall–Kier alpha value is -1.80. The molecule has 0 spiro atoms. The van der Waals surface area contributed by atoms with Crippen molar-refractivity contribution in [3.05, 3.63) is 64.7 Å². The fraction of sp³-hybridized carbons (Fsp3) is 0.333. The molecule has 0 saturated carbocycles. The maximum atomic E-state index is 10.9. The Morgan fingerprint density at radius 1 is 1.00 bits per heavy atom. The van der Waals surface area contributed by atoms with Gasteiger partial charge in [-0.15, -0.1) is 0 Å². The Morgan fingerprint density at radius 2 is 1.60 bits per heavy atom. The molecular weight excluding hydrogens is 248 g/mol. The molecule has 2 aromatic carbocycles. The van der Waals surface area contributed by atoms with E-state index in [1.54, 1.807) is 7.11 Å². The molecule has 20 heavy (non-hydrogen) atoms. The van der Waals surface area contributed by atoms with Crippen LogP contribution in [0.2, 0.25) is 0 Å². The third kappa shape index (κ3) is 2.86. The first-order valence-electron chi connectivity index (χ1n) is 6.86. The minimum absolute atomic E-state index is 0.575. The van der Waals surface area contributed by atoms with E-state index in [1.807, 2.05) is 37.3 Å². The minimum Gasteiger partial charge on any atom is -0.496 e. The number of aliphatic hydroxyl groups is 1. The Balaban J connectivity index is 2.41. The van der Waals surface area contributed by atoms with Crippen molar-refractivity contribution in [1.29, 1.82) is 0 Å². The van der Waals surface area contributed by atoms with E-state index in [9.17, 15) is 5.11 Å². The number of methoxy groups -OCH3 is 1. The van der Waals surface area contributed by atoms with Crippen LogP contribution in [0.15, 0.2) is 42.5 Å². The van der Waals surface area contributed by atoms with Gasteiger partial charge in [0.15, 0.2) is 0 Å². The average molecular weight is 270 g/mol. The number of hydrogen-bond acceptors (Lipinski definition) is 2. The summed E-state index contributed by atoms with van der Waals surface area (Å²) in [6.45, 7) is 6.01. The second kappa shape index (κ2) is 5.68. The molecule has 0 aliphatic rings. The van der Waals surface area contributed by atoms with E-state index in [4.69, 9.17) is 4.74 Å². The van der Waals surface area contributed by atoms with E-state index in [-0.39, 0.29) is 0 Å². The molecule has 1 unspecified atom stereocenters. The highest BCUT2D eigenvalue weighted by Gasteiger charge is 2.28. The fourth-order valence-corrected chi connectivity index (χ4v) is 2.66. The summed E-state index contributed by atoms with van der Waals surface area (Å²) in [5.41, 5.74) is 3.48. The SMILES string of the molecule is COc1ccccc1C(C)(O)Cc1c(C)cccc1C. The van der Waals surface area contributed by atoms with E-state index < -0.39 is 5.60 Å². The lowest BCUT2D eigenvalue weighted by Gasteiger charge is -2.27. The Labute approximate surface area is 121 Å². The molecule has 0 heterocycles. The summed E-state index contributed by atoms with van der Waals surface area (Å²) >= 11 is 0. The first-order chi connectivity index (χ1) is 9.45. The van der Waals surface area contributed by atoms with Gasteiger partial charge in [0.05, 0.1) is 12.7 Å². The summed E-state index contributed by atoms with van der Waals surface area (Å²) in [5.74, 6) is 0.726. The van der Waals surface area contributed by atoms with Crippen molar-refractivity contribution in [2.24, 2.45) is 0 Å². The first-order valence-corrected chi connectivity index (χ1v) is 6.86. The van der Waals surface area contributed by atoms with Crippen LogP contribution in [0, 0.1) is 13.8 Å². The van der Waals surface area contributed by atoms with Gasteiger partial charge >= 0.3 is 0 Å². The van der Waals surface area contributed by atoms with Crippen LogP contribution in [0.3, 0.4) is 0 Å². The van der Waals surface area contributed by atoms with Crippen molar-refractivity contribution >= 4 is 0 Å². The standard InChI is InChI=1S/C18H22O2/c1-13-8-7-9-14(2)15(13)12-18(3,19)16-10-5-6-11-17(16)20-4/h5-11,19H,12H2,1-4H3. The summed E-state index contributed by atoms with van der Waals surface area (Å²) in [4.78, 5) is 0. The van der Waals surface area contributed by atoms with E-state index in [2.05, 4.69) is 26.0 Å². The van der Waals surface area contributed by atoms with Gasteiger partial charge in [-0.05, 0) is 43.5 Å². The quantitative estimate of drug-likeness (QED) is 0.916. The molecule has 2 heteroatoms. The first kappa shape index (κ1) is 14.6. The summed E-state index contributed by atoms with van der Waals surface area (Å²) in [6.07, 6.45) is 0.575. The number of para-hydroxylation sites is 1. The highest BCUT2D eigenvalue weighted by molar-refractivity contribution is 5.41. The molecule has 0 aliphatic carbocycles. The maximum Gasteiger partial charge on any atom is 0.124 e. The molecule has 0 aliphatic heterocycles. The third-order valence-electron chi connectivity index (χ3n) is 3.85. The van der Waals surface area contributed by atoms with Crippen LogP contribution < -0.4 is 4.74 Å². The summed E-state index contributed by atoms with van der Waals surface area (Å²) in [5, 5.41) is 10.9. The zero-order valence-electron chi connectivity index (χ0n) is 12.6. The monoisotopic (exact) mass is 270 g/mol. The van der Waals surface area contributed by atoms with Crippen LogP contribution >= 0.6 is 0 Å². The average Bonchev–Trinajstić information content (AvgIpc) is 2.43. The second-order valence-corrected chi connectivity index (χ2v) is 5.52. The Bertz CT molecular complexity index is 580. The molecule has 0 radical (unpaired) electrons. The zero-order valence-corrected chi connectivity index (χ0v) is 12.6. The molecule has 1 atom stereocenters. The summed E-state index contributed by atoms with van der Waals surface area (Å²) < 4.78 is 5.37. The molecule has 0 saturated heterocycles. The number of hydrogen-bond donors (Lipinski definition) is 1. The maximum absolute atomic E-state index is 10.9. The molecule has 0 aromatic heterocycles. The highest BCUT2D eigenvalue weighted by atomic mass is 16.5. The topological polar surface area (TPSA) is 29.5 Å². The van der Waals surface area contributed by atoms with E-state index >= 15 is 0 Å². The summed E-state index contributed by atoms with van der Waals surface area (Å²) in [7, 11) is 1.63. The van der Waals surface area contributed by atoms with Gasteiger partial charge in [-0.1, -0.05) is 36.4 Å². The smallest absolute Gasteiger partial charge is 0.124 e. The van der Waals surface area contributed by atoms with Crippen molar-refractivity contribution in [1.82, 2.24) is 0 Å². The molecule has 1 N–H and O–H groups in total. The lowest BCUT2D eigenvalue weighted by molar-refractivity contribution is 0.0546. The van der Waals surface area contributed by atoms with E-state index in [1.165, 1.54) is 16.7 Å². The number of benzene rings is 2. The van der Waals surface area contributed by atoms with Gasteiger partial charge in [0, 0.05) is 12.0 Å². The van der Waals surface area contributed by atoms with Crippen LogP contribution in [-0.2, 0) is 12.0 Å². The lowest BCUT2D eigenvalue weighted by atomic mass is 9.85. The lowest BCUT2D eigenvalue weighted by Crippen LogP contribution is -2.26. The largest absolute Gasteiger partial charge is 0.496 e. The van der Waals surface area contributed by atoms with Crippen LogP contribution in [0.1, 0.15) is 29.2 Å². The Kier molecular flexibility index (Phi) is 4.15. The Morgan fingerprint density at radius 3 is 2.20 bits per heavy atom. The molecule has 0 bridgehead atoms. The van der Waals surface area contributed by atoms with Gasteiger partial charge in [-0.25, -0.2) is 0 Å². The van der Waals surface area contributed by atoms with Crippen LogP contribution in [0.4, 0.5) is 0 Å². The molecule has 2 aromatic rings. The molecule has 0 amide bonds. The number of aryl methyl sites for hydroxylation is 2. The number of ether oxygens (including phenoxy) is 1. The van der Waals surface area contributed by atoms with Crippen LogP contribution in [0.5, 0.6) is 5.75 Å². The van der Waals surface area contributed by atoms with Gasteiger partial charge < -0.3 is 9.84 Å². The van der Waals surface area contributed by atoms with Crippen molar-refractivity contribution in [3.63, 3.8) is 0 Å². The van der Waals surface area contributed by atoms with Gasteiger partial charge in [-0.3, -0.25) is 0 Å². The minimum atomic E-state index is -0.955. The second-order valence-electron chi connectivity index (χ2n) is 5.52. The van der Waals surface area contributed by atoms with Gasteiger partial charge in [0.1, 0.15) is 5.75 Å². The highest BCUT2D eigenvalue weighted by Crippen LogP contribution is 2.33. The normalized spacial score (nSPS) is 13.8. The van der Waals surface area contributed by atoms with Gasteiger partial charge in [0.2, 0.25) is 0 Å². The zero-order chi connectivity index (χ0) is 14.8. The third-order valence-corrected chi connectivity index (χ3v) is 3.85.